The molecule has 120 valence electrons. The van der Waals surface area contributed by atoms with Gasteiger partial charge in [-0.05, 0) is 29.8 Å². The van der Waals surface area contributed by atoms with Crippen LogP contribution in [0.3, 0.4) is 0 Å². The predicted molar refractivity (Wildman–Crippen MR) is 87.4 cm³/mol. The quantitative estimate of drug-likeness (QED) is 0.777. The Kier molecular flexibility index (Phi) is 3.79. The van der Waals surface area contributed by atoms with E-state index in [1.165, 1.54) is 29.2 Å². The van der Waals surface area contributed by atoms with Gasteiger partial charge in [-0.25, -0.2) is 18.1 Å². The van der Waals surface area contributed by atoms with Gasteiger partial charge in [0.25, 0.3) is 5.56 Å². The normalized spacial score (nSPS) is 11.2. The lowest BCUT2D eigenvalue weighted by Gasteiger charge is -2.02. The molecular weight excluding hydrogens is 328 g/mol. The second kappa shape index (κ2) is 5.79. The van der Waals surface area contributed by atoms with Crippen LogP contribution in [0.5, 0.6) is 0 Å². The highest BCUT2D eigenvalue weighted by atomic mass is 32.2. The fraction of sp³-hybridized carbons (Fsp3) is 0.0625. The molecular formula is C16H12N4O3S. The van der Waals surface area contributed by atoms with Gasteiger partial charge in [0, 0.05) is 18.6 Å². The average molecular weight is 340 g/mol. The maximum atomic E-state index is 12.5. The minimum absolute atomic E-state index is 0.0816. The van der Waals surface area contributed by atoms with E-state index < -0.39 is 9.84 Å². The Labute approximate surface area is 137 Å². The van der Waals surface area contributed by atoms with Gasteiger partial charge in [-0.1, -0.05) is 12.1 Å². The van der Waals surface area contributed by atoms with Crippen LogP contribution in [0.15, 0.2) is 58.5 Å². The second-order valence-corrected chi connectivity index (χ2v) is 7.16. The molecule has 0 bridgehead atoms. The maximum Gasteiger partial charge on any atom is 0.280 e. The molecule has 2 aromatic heterocycles. The molecule has 3 rings (SSSR count). The van der Waals surface area contributed by atoms with E-state index in [-0.39, 0.29) is 16.3 Å². The molecule has 0 aliphatic rings. The van der Waals surface area contributed by atoms with Crippen molar-refractivity contribution in [1.29, 1.82) is 5.26 Å². The third kappa shape index (κ3) is 2.85. The summed E-state index contributed by atoms with van der Waals surface area (Å²) in [5.41, 5.74) is 1.28. The summed E-state index contributed by atoms with van der Waals surface area (Å²) in [6.07, 6.45) is 3.84. The predicted octanol–water partition coefficient (Wildman–Crippen LogP) is 1.50. The van der Waals surface area contributed by atoms with Crippen LogP contribution in [0.25, 0.3) is 16.9 Å². The number of aromatic amines is 1. The van der Waals surface area contributed by atoms with Gasteiger partial charge in [-0.15, -0.1) is 0 Å². The fourth-order valence-electron chi connectivity index (χ4n) is 2.20. The Bertz CT molecular complexity index is 1090. The number of hydrogen-bond acceptors (Lipinski definition) is 5. The van der Waals surface area contributed by atoms with Crippen molar-refractivity contribution in [2.45, 2.75) is 4.90 Å². The molecule has 0 aliphatic carbocycles. The van der Waals surface area contributed by atoms with E-state index in [1.807, 2.05) is 6.07 Å². The number of nitrogens with zero attached hydrogens (tertiary/aromatic N) is 3. The lowest BCUT2D eigenvalue weighted by Crippen LogP contribution is -2.17. The van der Waals surface area contributed by atoms with Gasteiger partial charge in [-0.2, -0.15) is 5.26 Å². The van der Waals surface area contributed by atoms with Crippen molar-refractivity contribution < 1.29 is 8.42 Å². The molecule has 8 heteroatoms. The number of aromatic nitrogens is 3. The molecule has 1 aromatic carbocycles. The first kappa shape index (κ1) is 15.7. The van der Waals surface area contributed by atoms with Gasteiger partial charge in [0.15, 0.2) is 15.7 Å². The molecule has 0 radical (unpaired) electrons. The number of nitriles is 1. The Morgan fingerprint density at radius 2 is 1.88 bits per heavy atom. The van der Waals surface area contributed by atoms with Gasteiger partial charge in [0.1, 0.15) is 0 Å². The van der Waals surface area contributed by atoms with E-state index in [0.717, 1.165) is 6.26 Å². The summed E-state index contributed by atoms with van der Waals surface area (Å²) in [6, 6.07) is 11.5. The maximum absolute atomic E-state index is 12.5. The van der Waals surface area contributed by atoms with E-state index in [2.05, 4.69) is 10.1 Å². The topological polar surface area (TPSA) is 109 Å². The number of pyridine rings is 1. The summed E-state index contributed by atoms with van der Waals surface area (Å²) >= 11 is 0. The van der Waals surface area contributed by atoms with E-state index in [0.29, 0.717) is 16.7 Å². The number of H-pyrrole nitrogens is 1. The van der Waals surface area contributed by atoms with Crippen molar-refractivity contribution in [3.8, 4) is 23.0 Å². The molecule has 1 N–H and O–H groups in total. The first-order chi connectivity index (χ1) is 11.4. The van der Waals surface area contributed by atoms with Crippen molar-refractivity contribution in [1.82, 2.24) is 14.8 Å². The van der Waals surface area contributed by atoms with Gasteiger partial charge in [0.05, 0.1) is 22.1 Å². The zero-order chi connectivity index (χ0) is 17.3. The average Bonchev–Trinajstić information content (AvgIpc) is 2.96. The van der Waals surface area contributed by atoms with Crippen molar-refractivity contribution >= 4 is 9.84 Å². The Morgan fingerprint density at radius 3 is 2.42 bits per heavy atom. The van der Waals surface area contributed by atoms with Crippen LogP contribution >= 0.6 is 0 Å². The fourth-order valence-corrected chi connectivity index (χ4v) is 2.75. The number of rotatable bonds is 3. The first-order valence-electron chi connectivity index (χ1n) is 6.87. The van der Waals surface area contributed by atoms with E-state index in [9.17, 15) is 13.2 Å². The highest BCUT2D eigenvalue weighted by Gasteiger charge is 2.12. The van der Waals surface area contributed by atoms with Crippen molar-refractivity contribution in [2.24, 2.45) is 0 Å². The molecule has 0 amide bonds. The molecule has 3 aromatic rings. The van der Waals surface area contributed by atoms with Gasteiger partial charge < -0.3 is 0 Å². The third-order valence-electron chi connectivity index (χ3n) is 3.47. The summed E-state index contributed by atoms with van der Waals surface area (Å²) in [7, 11) is -3.34. The minimum atomic E-state index is -3.34. The lowest BCUT2D eigenvalue weighted by molar-refractivity contribution is 0.601. The number of nitrogens with one attached hydrogen (secondary N) is 1. The summed E-state index contributed by atoms with van der Waals surface area (Å²) in [6.45, 7) is 0. The van der Waals surface area contributed by atoms with Gasteiger partial charge in [0.2, 0.25) is 0 Å². The Morgan fingerprint density at radius 1 is 1.17 bits per heavy atom. The first-order valence-corrected chi connectivity index (χ1v) is 8.77. The Balaban J connectivity index is 2.01. The summed E-state index contributed by atoms with van der Waals surface area (Å²) < 4.78 is 24.1. The minimum Gasteiger partial charge on any atom is -0.296 e. The van der Waals surface area contributed by atoms with Crippen LogP contribution in [0.4, 0.5) is 0 Å². The molecule has 0 fully saturated rings. The molecule has 0 aliphatic heterocycles. The highest BCUT2D eigenvalue weighted by molar-refractivity contribution is 7.90. The van der Waals surface area contributed by atoms with Crippen LogP contribution < -0.4 is 5.56 Å². The molecule has 0 saturated carbocycles. The number of hydrogen-bond donors (Lipinski definition) is 1. The van der Waals surface area contributed by atoms with Crippen LogP contribution in [0, 0.1) is 11.3 Å². The molecule has 0 atom stereocenters. The van der Waals surface area contributed by atoms with E-state index in [4.69, 9.17) is 5.26 Å². The zero-order valence-corrected chi connectivity index (χ0v) is 13.4. The van der Waals surface area contributed by atoms with E-state index in [1.54, 1.807) is 24.3 Å². The van der Waals surface area contributed by atoms with Gasteiger partial charge in [-0.3, -0.25) is 9.89 Å². The standard InChI is InChI=1S/C16H12N4O3S/c1-24(22,23)13-6-7-15(18-9-13)20-16(21)14(10-19-20)12-4-2-11(8-17)3-5-12/h2-7,9-10,19H,1H3. The third-order valence-corrected chi connectivity index (χ3v) is 4.57. The SMILES string of the molecule is CS(=O)(=O)c1ccc(-n2[nH]cc(-c3ccc(C#N)cc3)c2=O)nc1. The van der Waals surface area contributed by atoms with Crippen LogP contribution in [-0.2, 0) is 9.84 Å². The monoisotopic (exact) mass is 340 g/mol. The number of sulfone groups is 1. The van der Waals surface area contributed by atoms with Crippen molar-refractivity contribution in [2.75, 3.05) is 6.26 Å². The Hall–Kier alpha value is -3.18. The highest BCUT2D eigenvalue weighted by Crippen LogP contribution is 2.16. The summed E-state index contributed by atoms with van der Waals surface area (Å²) in [5.74, 6) is 0.285. The van der Waals surface area contributed by atoms with Crippen LogP contribution in [-0.4, -0.2) is 29.4 Å². The zero-order valence-electron chi connectivity index (χ0n) is 12.6. The number of benzene rings is 1. The molecule has 2 heterocycles. The van der Waals surface area contributed by atoms with E-state index >= 15 is 0 Å². The van der Waals surface area contributed by atoms with Crippen molar-refractivity contribution in [3.05, 3.63) is 64.7 Å². The summed E-state index contributed by atoms with van der Waals surface area (Å²) in [4.78, 5) is 16.6. The molecule has 0 unspecified atom stereocenters. The molecule has 0 saturated heterocycles. The van der Waals surface area contributed by atoms with Crippen LogP contribution in [0.1, 0.15) is 5.56 Å². The summed E-state index contributed by atoms with van der Waals surface area (Å²) in [5, 5.41) is 11.6. The molecule has 0 spiro atoms. The second-order valence-electron chi connectivity index (χ2n) is 5.14. The largest absolute Gasteiger partial charge is 0.296 e. The van der Waals surface area contributed by atoms with Gasteiger partial charge >= 0.3 is 0 Å². The van der Waals surface area contributed by atoms with Crippen LogP contribution in [0.2, 0.25) is 0 Å². The lowest BCUT2D eigenvalue weighted by atomic mass is 10.1. The van der Waals surface area contributed by atoms with Crippen molar-refractivity contribution in [3.63, 3.8) is 0 Å². The smallest absolute Gasteiger partial charge is 0.280 e. The molecule has 24 heavy (non-hydrogen) atoms. The molecule has 7 nitrogen and oxygen atoms in total.